The van der Waals surface area contributed by atoms with E-state index in [2.05, 4.69) is 31.3 Å². The fraction of sp³-hybridized carbons (Fsp3) is 0.647. The van der Waals surface area contributed by atoms with Gasteiger partial charge in [0.05, 0.1) is 19.3 Å². The van der Waals surface area contributed by atoms with Gasteiger partial charge in [-0.05, 0) is 56.0 Å². The van der Waals surface area contributed by atoms with Gasteiger partial charge in [0, 0.05) is 0 Å². The van der Waals surface area contributed by atoms with Crippen LogP contribution < -0.4 is 10.1 Å². The van der Waals surface area contributed by atoms with E-state index < -0.39 is 0 Å². The summed E-state index contributed by atoms with van der Waals surface area (Å²) in [5.74, 6) is 1.64. The molecule has 1 heterocycles. The molecule has 0 spiro atoms. The summed E-state index contributed by atoms with van der Waals surface area (Å²) < 4.78 is 11.7. The van der Waals surface area contributed by atoms with Crippen LogP contribution in [0.1, 0.15) is 38.7 Å². The van der Waals surface area contributed by atoms with E-state index in [4.69, 9.17) is 9.47 Å². The van der Waals surface area contributed by atoms with Crippen molar-refractivity contribution in [3.05, 3.63) is 29.8 Å². The van der Waals surface area contributed by atoms with Gasteiger partial charge in [-0.15, -0.1) is 0 Å². The maximum Gasteiger partial charge on any atom is 0.119 e. The number of hydrogen-bond acceptors (Lipinski definition) is 3. The Morgan fingerprint density at radius 1 is 1.15 bits per heavy atom. The van der Waals surface area contributed by atoms with Gasteiger partial charge in [0.1, 0.15) is 5.75 Å². The number of nitrogens with one attached hydrogen (secondary N) is 1. The quantitative estimate of drug-likeness (QED) is 0.829. The Labute approximate surface area is 122 Å². The molecule has 3 heteroatoms. The molecule has 1 fully saturated rings. The Kier molecular flexibility index (Phi) is 6.34. The molecule has 0 unspecified atom stereocenters. The Balaban J connectivity index is 1.70. The maximum atomic E-state index is 5.94. The van der Waals surface area contributed by atoms with Crippen molar-refractivity contribution in [1.82, 2.24) is 5.32 Å². The number of hydrogen-bond donors (Lipinski definition) is 1. The van der Waals surface area contributed by atoms with Crippen LogP contribution in [0.25, 0.3) is 0 Å². The second-order valence-electron chi connectivity index (χ2n) is 5.94. The minimum absolute atomic E-state index is 0.415. The first kappa shape index (κ1) is 15.3. The molecule has 0 saturated carbocycles. The van der Waals surface area contributed by atoms with Crippen LogP contribution in [-0.4, -0.2) is 25.8 Å². The summed E-state index contributed by atoms with van der Waals surface area (Å²) in [6, 6.07) is 8.29. The van der Waals surface area contributed by atoms with Crippen LogP contribution in [0.5, 0.6) is 5.75 Å². The Morgan fingerprint density at radius 2 is 1.85 bits per heavy atom. The van der Waals surface area contributed by atoms with Crippen LogP contribution in [0.3, 0.4) is 0 Å². The third kappa shape index (κ3) is 5.51. The van der Waals surface area contributed by atoms with Crippen molar-refractivity contribution in [3.63, 3.8) is 0 Å². The van der Waals surface area contributed by atoms with E-state index >= 15 is 0 Å². The van der Waals surface area contributed by atoms with E-state index in [-0.39, 0.29) is 0 Å². The number of rotatable bonds is 7. The second-order valence-corrected chi connectivity index (χ2v) is 5.94. The average Bonchev–Trinajstić information content (AvgIpc) is 2.47. The van der Waals surface area contributed by atoms with E-state index in [1.165, 1.54) is 5.56 Å². The summed E-state index contributed by atoms with van der Waals surface area (Å²) in [4.78, 5) is 0. The molecule has 0 atom stereocenters. The molecule has 0 bridgehead atoms. The normalized spacial score (nSPS) is 16.6. The molecule has 1 aromatic rings. The highest BCUT2D eigenvalue weighted by molar-refractivity contribution is 5.26. The fourth-order valence-corrected chi connectivity index (χ4v) is 2.27. The third-order valence-corrected chi connectivity index (χ3v) is 3.66. The van der Waals surface area contributed by atoms with E-state index in [9.17, 15) is 0 Å². The summed E-state index contributed by atoms with van der Waals surface area (Å²) >= 11 is 0. The standard InChI is InChI=1S/C17H27NO2/c1-14(2)9-12-19-16-5-3-15(4-6-16)13-20-17-7-10-18-11-8-17/h3-6,14,17-18H,7-13H2,1-2H3. The lowest BCUT2D eigenvalue weighted by atomic mass is 10.1. The lowest BCUT2D eigenvalue weighted by Gasteiger charge is -2.23. The molecule has 0 aromatic heterocycles. The van der Waals surface area contributed by atoms with E-state index in [0.717, 1.165) is 44.7 Å². The van der Waals surface area contributed by atoms with Gasteiger partial charge in [-0.3, -0.25) is 0 Å². The van der Waals surface area contributed by atoms with Crippen molar-refractivity contribution in [2.75, 3.05) is 19.7 Å². The minimum Gasteiger partial charge on any atom is -0.494 e. The Hall–Kier alpha value is -1.06. The molecule has 1 N–H and O–H groups in total. The molecule has 0 amide bonds. The number of benzene rings is 1. The van der Waals surface area contributed by atoms with Gasteiger partial charge < -0.3 is 14.8 Å². The molecule has 1 saturated heterocycles. The van der Waals surface area contributed by atoms with Crippen molar-refractivity contribution < 1.29 is 9.47 Å². The zero-order valence-electron chi connectivity index (χ0n) is 12.7. The van der Waals surface area contributed by atoms with Gasteiger partial charge in [0.25, 0.3) is 0 Å². The predicted molar refractivity (Wildman–Crippen MR) is 82.1 cm³/mol. The van der Waals surface area contributed by atoms with E-state index in [0.29, 0.717) is 18.6 Å². The molecule has 112 valence electrons. The first-order valence-electron chi connectivity index (χ1n) is 7.78. The summed E-state index contributed by atoms with van der Waals surface area (Å²) in [6.07, 6.45) is 3.76. The maximum absolute atomic E-state index is 5.94. The van der Waals surface area contributed by atoms with Crippen LogP contribution in [0.4, 0.5) is 0 Å². The Morgan fingerprint density at radius 3 is 2.50 bits per heavy atom. The second kappa shape index (κ2) is 8.28. The summed E-state index contributed by atoms with van der Waals surface area (Å²) in [6.45, 7) is 8.08. The molecule has 0 radical (unpaired) electrons. The molecular weight excluding hydrogens is 250 g/mol. The van der Waals surface area contributed by atoms with Crippen LogP contribution in [-0.2, 0) is 11.3 Å². The summed E-state index contributed by atoms with van der Waals surface area (Å²) in [5, 5.41) is 3.35. The largest absolute Gasteiger partial charge is 0.494 e. The summed E-state index contributed by atoms with van der Waals surface area (Å²) in [7, 11) is 0. The van der Waals surface area contributed by atoms with Crippen molar-refractivity contribution in [1.29, 1.82) is 0 Å². The molecule has 20 heavy (non-hydrogen) atoms. The lowest BCUT2D eigenvalue weighted by Crippen LogP contribution is -2.32. The zero-order valence-corrected chi connectivity index (χ0v) is 12.7. The predicted octanol–water partition coefficient (Wildman–Crippen LogP) is 3.38. The highest BCUT2D eigenvalue weighted by Crippen LogP contribution is 2.16. The van der Waals surface area contributed by atoms with Crippen LogP contribution in [0.15, 0.2) is 24.3 Å². The average molecular weight is 277 g/mol. The Bertz CT molecular complexity index is 369. The number of ether oxygens (including phenoxy) is 2. The first-order valence-corrected chi connectivity index (χ1v) is 7.78. The SMILES string of the molecule is CC(C)CCOc1ccc(COC2CCNCC2)cc1. The number of piperidine rings is 1. The zero-order chi connectivity index (χ0) is 14.2. The van der Waals surface area contributed by atoms with Gasteiger partial charge >= 0.3 is 0 Å². The monoisotopic (exact) mass is 277 g/mol. The minimum atomic E-state index is 0.415. The molecule has 1 aliphatic rings. The topological polar surface area (TPSA) is 30.5 Å². The van der Waals surface area contributed by atoms with Crippen LogP contribution in [0, 0.1) is 5.92 Å². The highest BCUT2D eigenvalue weighted by atomic mass is 16.5. The van der Waals surface area contributed by atoms with Crippen LogP contribution >= 0.6 is 0 Å². The van der Waals surface area contributed by atoms with E-state index in [1.54, 1.807) is 0 Å². The lowest BCUT2D eigenvalue weighted by molar-refractivity contribution is 0.0212. The van der Waals surface area contributed by atoms with Gasteiger partial charge in [0.2, 0.25) is 0 Å². The van der Waals surface area contributed by atoms with Crippen molar-refractivity contribution in [3.8, 4) is 5.75 Å². The van der Waals surface area contributed by atoms with E-state index in [1.807, 2.05) is 12.1 Å². The van der Waals surface area contributed by atoms with Crippen molar-refractivity contribution >= 4 is 0 Å². The smallest absolute Gasteiger partial charge is 0.119 e. The van der Waals surface area contributed by atoms with Crippen LogP contribution in [0.2, 0.25) is 0 Å². The summed E-state index contributed by atoms with van der Waals surface area (Å²) in [5.41, 5.74) is 1.22. The van der Waals surface area contributed by atoms with Gasteiger partial charge in [-0.2, -0.15) is 0 Å². The van der Waals surface area contributed by atoms with Crippen molar-refractivity contribution in [2.24, 2.45) is 5.92 Å². The van der Waals surface area contributed by atoms with Gasteiger partial charge in [-0.25, -0.2) is 0 Å². The van der Waals surface area contributed by atoms with Gasteiger partial charge in [0.15, 0.2) is 0 Å². The molecule has 2 rings (SSSR count). The third-order valence-electron chi connectivity index (χ3n) is 3.66. The first-order chi connectivity index (χ1) is 9.74. The fourth-order valence-electron chi connectivity index (χ4n) is 2.27. The van der Waals surface area contributed by atoms with Crippen molar-refractivity contribution in [2.45, 2.75) is 45.8 Å². The molecular formula is C17H27NO2. The molecule has 0 aliphatic carbocycles. The molecule has 1 aromatic carbocycles. The highest BCUT2D eigenvalue weighted by Gasteiger charge is 2.12. The van der Waals surface area contributed by atoms with Gasteiger partial charge in [-0.1, -0.05) is 26.0 Å². The molecule has 3 nitrogen and oxygen atoms in total. The molecule has 1 aliphatic heterocycles.